The lowest BCUT2D eigenvalue weighted by Crippen LogP contribution is -2.25. The van der Waals surface area contributed by atoms with E-state index < -0.39 is 0 Å². The van der Waals surface area contributed by atoms with Crippen LogP contribution in [-0.2, 0) is 13.0 Å². The van der Waals surface area contributed by atoms with E-state index in [0.29, 0.717) is 6.61 Å². The van der Waals surface area contributed by atoms with Gasteiger partial charge in [-0.1, -0.05) is 49.9 Å². The van der Waals surface area contributed by atoms with Gasteiger partial charge in [0.2, 0.25) is 0 Å². The summed E-state index contributed by atoms with van der Waals surface area (Å²) in [6.07, 6.45) is 4.91. The molecule has 1 heterocycles. The zero-order chi connectivity index (χ0) is 17.5. The molecule has 0 amide bonds. The van der Waals surface area contributed by atoms with Crippen LogP contribution >= 0.6 is 0 Å². The maximum Gasteiger partial charge on any atom is 0.120 e. The molecular weight excluding hydrogens is 308 g/mol. The van der Waals surface area contributed by atoms with Crippen molar-refractivity contribution in [2.75, 3.05) is 19.7 Å². The summed E-state index contributed by atoms with van der Waals surface area (Å²) in [7, 11) is 0. The normalized spacial score (nSPS) is 11.1. The molecule has 0 aliphatic heterocycles. The standard InChI is InChI=1S/C22H26N2O/c1-3-14-25-20-10-11-22-21(15-20)19(16-23-22)12-13-24(4-2)17-18-8-6-5-7-9-18/h3,5-11,15-16,23H,1,4,12-14,17H2,2H3. The second-order valence-electron chi connectivity index (χ2n) is 6.23. The van der Waals surface area contributed by atoms with Crippen LogP contribution in [0, 0.1) is 0 Å². The Kier molecular flexibility index (Phi) is 5.91. The number of aromatic nitrogens is 1. The summed E-state index contributed by atoms with van der Waals surface area (Å²) in [5.41, 5.74) is 3.86. The first kappa shape index (κ1) is 17.3. The molecule has 3 nitrogen and oxygen atoms in total. The second kappa shape index (κ2) is 8.54. The summed E-state index contributed by atoms with van der Waals surface area (Å²) in [5, 5.41) is 1.25. The Hall–Kier alpha value is -2.52. The maximum absolute atomic E-state index is 5.67. The third-order valence-electron chi connectivity index (χ3n) is 4.50. The first-order valence-electron chi connectivity index (χ1n) is 8.90. The molecule has 0 aliphatic carbocycles. The Morgan fingerprint density at radius 2 is 2.00 bits per heavy atom. The molecular formula is C22H26N2O. The minimum Gasteiger partial charge on any atom is -0.490 e. The molecule has 0 saturated heterocycles. The van der Waals surface area contributed by atoms with Crippen molar-refractivity contribution in [2.45, 2.75) is 19.9 Å². The number of H-pyrrole nitrogens is 1. The lowest BCUT2D eigenvalue weighted by Gasteiger charge is -2.20. The lowest BCUT2D eigenvalue weighted by molar-refractivity contribution is 0.284. The van der Waals surface area contributed by atoms with E-state index in [0.717, 1.165) is 37.3 Å². The van der Waals surface area contributed by atoms with Crippen molar-refractivity contribution in [1.29, 1.82) is 0 Å². The Bertz CT molecular complexity index is 807. The number of nitrogens with zero attached hydrogens (tertiary/aromatic N) is 1. The minimum absolute atomic E-state index is 0.534. The lowest BCUT2D eigenvalue weighted by atomic mass is 10.1. The first-order valence-corrected chi connectivity index (χ1v) is 8.90. The average molecular weight is 334 g/mol. The van der Waals surface area contributed by atoms with Gasteiger partial charge in [0, 0.05) is 30.2 Å². The molecule has 3 rings (SSSR count). The predicted octanol–water partition coefficient (Wildman–Crippen LogP) is 4.80. The largest absolute Gasteiger partial charge is 0.490 e. The number of ether oxygens (including phenoxy) is 1. The van der Waals surface area contributed by atoms with E-state index in [4.69, 9.17) is 4.74 Å². The van der Waals surface area contributed by atoms with Crippen LogP contribution in [0.15, 0.2) is 67.4 Å². The summed E-state index contributed by atoms with van der Waals surface area (Å²) in [5.74, 6) is 0.893. The predicted molar refractivity (Wildman–Crippen MR) is 105 cm³/mol. The van der Waals surface area contributed by atoms with Gasteiger partial charge in [0.1, 0.15) is 12.4 Å². The number of hydrogen-bond donors (Lipinski definition) is 1. The van der Waals surface area contributed by atoms with Crippen molar-refractivity contribution in [2.24, 2.45) is 0 Å². The molecule has 0 bridgehead atoms. The van der Waals surface area contributed by atoms with Crippen LogP contribution in [0.4, 0.5) is 0 Å². The molecule has 3 heteroatoms. The van der Waals surface area contributed by atoms with Crippen LogP contribution in [0.3, 0.4) is 0 Å². The molecule has 0 atom stereocenters. The van der Waals surface area contributed by atoms with Gasteiger partial charge in [-0.3, -0.25) is 4.90 Å². The van der Waals surface area contributed by atoms with Crippen molar-refractivity contribution >= 4 is 10.9 Å². The fourth-order valence-electron chi connectivity index (χ4n) is 3.08. The van der Waals surface area contributed by atoms with Gasteiger partial charge in [-0.15, -0.1) is 0 Å². The van der Waals surface area contributed by atoms with Crippen molar-refractivity contribution in [3.05, 3.63) is 78.5 Å². The van der Waals surface area contributed by atoms with E-state index in [1.165, 1.54) is 16.5 Å². The summed E-state index contributed by atoms with van der Waals surface area (Å²) >= 11 is 0. The fourth-order valence-corrected chi connectivity index (χ4v) is 3.08. The monoisotopic (exact) mass is 334 g/mol. The van der Waals surface area contributed by atoms with Crippen molar-refractivity contribution in [1.82, 2.24) is 9.88 Å². The topological polar surface area (TPSA) is 28.3 Å². The second-order valence-corrected chi connectivity index (χ2v) is 6.23. The van der Waals surface area contributed by atoms with Gasteiger partial charge in [0.15, 0.2) is 0 Å². The molecule has 0 saturated carbocycles. The number of aromatic amines is 1. The quantitative estimate of drug-likeness (QED) is 0.570. The zero-order valence-corrected chi connectivity index (χ0v) is 14.9. The van der Waals surface area contributed by atoms with E-state index >= 15 is 0 Å². The Morgan fingerprint density at radius 1 is 1.16 bits per heavy atom. The molecule has 2 aromatic carbocycles. The smallest absolute Gasteiger partial charge is 0.120 e. The molecule has 25 heavy (non-hydrogen) atoms. The molecule has 0 spiro atoms. The number of rotatable bonds is 9. The Morgan fingerprint density at radius 3 is 2.76 bits per heavy atom. The van der Waals surface area contributed by atoms with Gasteiger partial charge in [0.25, 0.3) is 0 Å². The van der Waals surface area contributed by atoms with Gasteiger partial charge in [-0.2, -0.15) is 0 Å². The van der Waals surface area contributed by atoms with Crippen molar-refractivity contribution in [3.63, 3.8) is 0 Å². The number of hydrogen-bond acceptors (Lipinski definition) is 2. The highest BCUT2D eigenvalue weighted by atomic mass is 16.5. The maximum atomic E-state index is 5.67. The van der Waals surface area contributed by atoms with Crippen LogP contribution in [0.5, 0.6) is 5.75 Å². The van der Waals surface area contributed by atoms with Crippen LogP contribution in [0.1, 0.15) is 18.1 Å². The highest BCUT2D eigenvalue weighted by Crippen LogP contribution is 2.24. The third kappa shape index (κ3) is 4.52. The third-order valence-corrected chi connectivity index (χ3v) is 4.50. The molecule has 3 aromatic rings. The number of fused-ring (bicyclic) bond motifs is 1. The van der Waals surface area contributed by atoms with Gasteiger partial charge in [0.05, 0.1) is 0 Å². The van der Waals surface area contributed by atoms with E-state index in [9.17, 15) is 0 Å². The van der Waals surface area contributed by atoms with Crippen LogP contribution in [0.2, 0.25) is 0 Å². The summed E-state index contributed by atoms with van der Waals surface area (Å²) in [6.45, 7) is 9.53. The Balaban J connectivity index is 1.68. The average Bonchev–Trinajstić information content (AvgIpc) is 3.06. The number of likely N-dealkylation sites (N-methyl/N-ethyl adjacent to an activating group) is 1. The Labute approximate surface area is 149 Å². The minimum atomic E-state index is 0.534. The molecule has 130 valence electrons. The summed E-state index contributed by atoms with van der Waals surface area (Å²) < 4.78 is 5.67. The summed E-state index contributed by atoms with van der Waals surface area (Å²) in [6, 6.07) is 16.9. The molecule has 0 aliphatic rings. The van der Waals surface area contributed by atoms with Crippen molar-refractivity contribution < 1.29 is 4.74 Å². The SMILES string of the molecule is C=CCOc1ccc2[nH]cc(CCN(CC)Cc3ccccc3)c2c1. The van der Waals surface area contributed by atoms with Crippen LogP contribution in [-0.4, -0.2) is 29.6 Å². The highest BCUT2D eigenvalue weighted by Gasteiger charge is 2.08. The number of nitrogens with one attached hydrogen (secondary N) is 1. The number of benzene rings is 2. The van der Waals surface area contributed by atoms with Crippen molar-refractivity contribution in [3.8, 4) is 5.75 Å². The van der Waals surface area contributed by atoms with Crippen LogP contribution < -0.4 is 4.74 Å². The van der Waals surface area contributed by atoms with Gasteiger partial charge in [-0.05, 0) is 42.3 Å². The molecule has 1 N–H and O–H groups in total. The molecule has 1 aromatic heterocycles. The van der Waals surface area contributed by atoms with E-state index in [-0.39, 0.29) is 0 Å². The van der Waals surface area contributed by atoms with Gasteiger partial charge in [-0.25, -0.2) is 0 Å². The first-order chi connectivity index (χ1) is 12.3. The van der Waals surface area contributed by atoms with E-state index in [1.54, 1.807) is 6.08 Å². The molecule has 0 unspecified atom stereocenters. The molecule has 0 radical (unpaired) electrons. The fraction of sp³-hybridized carbons (Fsp3) is 0.273. The van der Waals surface area contributed by atoms with Crippen LogP contribution in [0.25, 0.3) is 10.9 Å². The molecule has 0 fully saturated rings. The van der Waals surface area contributed by atoms with Gasteiger partial charge >= 0.3 is 0 Å². The van der Waals surface area contributed by atoms with E-state index in [1.807, 2.05) is 6.07 Å². The van der Waals surface area contributed by atoms with Gasteiger partial charge < -0.3 is 9.72 Å². The zero-order valence-electron chi connectivity index (χ0n) is 14.9. The van der Waals surface area contributed by atoms with E-state index in [2.05, 4.69) is 72.0 Å². The highest BCUT2D eigenvalue weighted by molar-refractivity contribution is 5.84. The summed E-state index contributed by atoms with van der Waals surface area (Å²) in [4.78, 5) is 5.85.